The van der Waals surface area contributed by atoms with Gasteiger partial charge in [0.15, 0.2) is 0 Å². The minimum atomic E-state index is -4.44. The molecule has 2 aromatic heterocycles. The molecule has 2 rings (SSSR count). The van der Waals surface area contributed by atoms with Gasteiger partial charge in [0.05, 0.1) is 0 Å². The summed E-state index contributed by atoms with van der Waals surface area (Å²) in [5.74, 6) is 0.854. The number of rotatable bonds is 6. The molecular formula is C14H15F3N4O2. The number of carbonyl (C=O) groups excluding carboxylic acids is 1. The van der Waals surface area contributed by atoms with Crippen LogP contribution in [-0.2, 0) is 16.1 Å². The second kappa shape index (κ2) is 7.23. The van der Waals surface area contributed by atoms with Gasteiger partial charge in [0.1, 0.15) is 24.9 Å². The standard InChI is InChI=1S/C14H15F3N4O2/c1-10-18-4-5-21(10)12-3-2-11(6-19-12)7-20-13(22)8-23-9-14(15,16)17/h2-6H,7-9H2,1H3,(H,20,22). The third-order valence-corrected chi connectivity index (χ3v) is 2.87. The Kier molecular flexibility index (Phi) is 5.32. The number of amides is 1. The lowest BCUT2D eigenvalue weighted by molar-refractivity contribution is -0.175. The highest BCUT2D eigenvalue weighted by atomic mass is 19.4. The van der Waals surface area contributed by atoms with E-state index in [1.807, 2.05) is 6.92 Å². The van der Waals surface area contributed by atoms with Crippen LogP contribution in [0.2, 0.25) is 0 Å². The van der Waals surface area contributed by atoms with E-state index in [1.54, 1.807) is 35.3 Å². The van der Waals surface area contributed by atoms with Gasteiger partial charge in [-0.25, -0.2) is 9.97 Å². The number of halogens is 3. The summed E-state index contributed by atoms with van der Waals surface area (Å²) < 4.78 is 41.7. The van der Waals surface area contributed by atoms with E-state index in [1.165, 1.54) is 0 Å². The van der Waals surface area contributed by atoms with Gasteiger partial charge in [0.25, 0.3) is 0 Å². The number of alkyl halides is 3. The van der Waals surface area contributed by atoms with Crippen molar-refractivity contribution in [3.05, 3.63) is 42.1 Å². The molecule has 0 aliphatic rings. The minimum Gasteiger partial charge on any atom is -0.362 e. The highest BCUT2D eigenvalue weighted by Crippen LogP contribution is 2.14. The highest BCUT2D eigenvalue weighted by Gasteiger charge is 2.27. The summed E-state index contributed by atoms with van der Waals surface area (Å²) in [6.45, 7) is -0.0820. The SMILES string of the molecule is Cc1nccn1-c1ccc(CNC(=O)COCC(F)(F)F)cn1. The first kappa shape index (κ1) is 16.9. The fraction of sp³-hybridized carbons (Fsp3) is 0.357. The number of nitrogens with one attached hydrogen (secondary N) is 1. The second-order valence-corrected chi connectivity index (χ2v) is 4.75. The Morgan fingerprint density at radius 1 is 1.35 bits per heavy atom. The van der Waals surface area contributed by atoms with Gasteiger partial charge in [0.2, 0.25) is 5.91 Å². The number of hydrogen-bond acceptors (Lipinski definition) is 4. The maximum absolute atomic E-state index is 11.9. The van der Waals surface area contributed by atoms with Crippen LogP contribution in [-0.4, -0.2) is 39.8 Å². The summed E-state index contributed by atoms with van der Waals surface area (Å²) in [7, 11) is 0. The average molecular weight is 328 g/mol. The Labute approximate surface area is 130 Å². The molecule has 1 amide bonds. The van der Waals surface area contributed by atoms with Crippen molar-refractivity contribution in [2.45, 2.75) is 19.6 Å². The lowest BCUT2D eigenvalue weighted by Crippen LogP contribution is -2.29. The molecule has 0 bridgehead atoms. The molecule has 124 valence electrons. The molecule has 0 spiro atoms. The normalized spacial score (nSPS) is 11.5. The van der Waals surface area contributed by atoms with Gasteiger partial charge in [-0.2, -0.15) is 13.2 Å². The van der Waals surface area contributed by atoms with E-state index in [0.717, 1.165) is 11.4 Å². The fourth-order valence-electron chi connectivity index (χ4n) is 1.79. The summed E-state index contributed by atoms with van der Waals surface area (Å²) in [6, 6.07) is 3.52. The fourth-order valence-corrected chi connectivity index (χ4v) is 1.79. The maximum atomic E-state index is 11.9. The number of hydrogen-bond donors (Lipinski definition) is 1. The molecule has 6 nitrogen and oxygen atoms in total. The van der Waals surface area contributed by atoms with E-state index in [-0.39, 0.29) is 6.54 Å². The van der Waals surface area contributed by atoms with E-state index in [9.17, 15) is 18.0 Å². The van der Waals surface area contributed by atoms with Gasteiger partial charge >= 0.3 is 6.18 Å². The number of carbonyl (C=O) groups is 1. The summed E-state index contributed by atoms with van der Waals surface area (Å²) in [4.78, 5) is 19.7. The van der Waals surface area contributed by atoms with Gasteiger partial charge in [-0.05, 0) is 18.6 Å². The first-order valence-corrected chi connectivity index (χ1v) is 6.71. The lowest BCUT2D eigenvalue weighted by atomic mass is 10.3. The largest absolute Gasteiger partial charge is 0.411 e. The van der Waals surface area contributed by atoms with Gasteiger partial charge in [-0.3, -0.25) is 9.36 Å². The van der Waals surface area contributed by atoms with Crippen molar-refractivity contribution < 1.29 is 22.7 Å². The molecule has 0 radical (unpaired) electrons. The molecule has 2 aromatic rings. The number of pyridine rings is 1. The van der Waals surface area contributed by atoms with Gasteiger partial charge in [0, 0.05) is 25.1 Å². The van der Waals surface area contributed by atoms with Crippen LogP contribution in [0.1, 0.15) is 11.4 Å². The number of ether oxygens (including phenoxy) is 1. The Morgan fingerprint density at radius 3 is 2.70 bits per heavy atom. The molecule has 0 unspecified atom stereocenters. The minimum absolute atomic E-state index is 0.157. The van der Waals surface area contributed by atoms with Gasteiger partial charge in [-0.1, -0.05) is 6.07 Å². The van der Waals surface area contributed by atoms with E-state index in [0.29, 0.717) is 5.82 Å². The molecule has 23 heavy (non-hydrogen) atoms. The number of imidazole rings is 1. The summed E-state index contributed by atoms with van der Waals surface area (Å²) in [5, 5.41) is 2.46. The second-order valence-electron chi connectivity index (χ2n) is 4.75. The Hall–Kier alpha value is -2.42. The zero-order valence-corrected chi connectivity index (χ0v) is 12.3. The topological polar surface area (TPSA) is 69.0 Å². The number of aromatic nitrogens is 3. The van der Waals surface area contributed by atoms with Crippen molar-refractivity contribution in [1.29, 1.82) is 0 Å². The Bertz CT molecular complexity index is 653. The van der Waals surface area contributed by atoms with Crippen molar-refractivity contribution in [3.8, 4) is 5.82 Å². The molecule has 1 N–H and O–H groups in total. The predicted octanol–water partition coefficient (Wildman–Crippen LogP) is 1.77. The molecule has 0 fully saturated rings. The Morgan fingerprint density at radius 2 is 2.13 bits per heavy atom. The first-order chi connectivity index (χ1) is 10.8. The predicted molar refractivity (Wildman–Crippen MR) is 74.8 cm³/mol. The van der Waals surface area contributed by atoms with Gasteiger partial charge < -0.3 is 10.1 Å². The van der Waals surface area contributed by atoms with Crippen molar-refractivity contribution >= 4 is 5.91 Å². The highest BCUT2D eigenvalue weighted by molar-refractivity contribution is 5.77. The average Bonchev–Trinajstić information content (AvgIpc) is 2.90. The molecule has 2 heterocycles. The van der Waals surface area contributed by atoms with Crippen LogP contribution in [0.4, 0.5) is 13.2 Å². The number of aryl methyl sites for hydroxylation is 1. The summed E-state index contributed by atoms with van der Waals surface area (Å²) in [6.07, 6.45) is 0.570. The van der Waals surface area contributed by atoms with Crippen LogP contribution in [0.5, 0.6) is 0 Å². The maximum Gasteiger partial charge on any atom is 0.411 e. The van der Waals surface area contributed by atoms with E-state index in [2.05, 4.69) is 20.0 Å². The van der Waals surface area contributed by atoms with Crippen LogP contribution in [0.15, 0.2) is 30.7 Å². The van der Waals surface area contributed by atoms with Crippen LogP contribution >= 0.6 is 0 Å². The Balaban J connectivity index is 1.80. The van der Waals surface area contributed by atoms with Gasteiger partial charge in [-0.15, -0.1) is 0 Å². The van der Waals surface area contributed by atoms with Crippen LogP contribution < -0.4 is 5.32 Å². The molecule has 0 saturated carbocycles. The smallest absolute Gasteiger partial charge is 0.362 e. The van der Waals surface area contributed by atoms with E-state index in [4.69, 9.17) is 0 Å². The molecule has 0 atom stereocenters. The third-order valence-electron chi connectivity index (χ3n) is 2.87. The lowest BCUT2D eigenvalue weighted by Gasteiger charge is -2.09. The molecule has 0 aliphatic carbocycles. The van der Waals surface area contributed by atoms with Crippen LogP contribution in [0.25, 0.3) is 5.82 Å². The zero-order valence-electron chi connectivity index (χ0n) is 12.3. The molecule has 0 aromatic carbocycles. The van der Waals surface area contributed by atoms with Crippen molar-refractivity contribution in [2.75, 3.05) is 13.2 Å². The van der Waals surface area contributed by atoms with Crippen LogP contribution in [0, 0.1) is 6.92 Å². The van der Waals surface area contributed by atoms with Crippen molar-refractivity contribution in [3.63, 3.8) is 0 Å². The molecule has 0 aliphatic heterocycles. The number of nitrogens with zero attached hydrogens (tertiary/aromatic N) is 3. The molecule has 9 heteroatoms. The zero-order chi connectivity index (χ0) is 16.9. The van der Waals surface area contributed by atoms with Crippen LogP contribution in [0.3, 0.4) is 0 Å². The first-order valence-electron chi connectivity index (χ1n) is 6.71. The summed E-state index contributed by atoms with van der Waals surface area (Å²) >= 11 is 0. The third kappa shape index (κ3) is 5.37. The van der Waals surface area contributed by atoms with Crippen molar-refractivity contribution in [2.24, 2.45) is 0 Å². The van der Waals surface area contributed by atoms with Crippen molar-refractivity contribution in [1.82, 2.24) is 19.9 Å². The summed E-state index contributed by atoms with van der Waals surface area (Å²) in [5.41, 5.74) is 0.718. The molecule has 0 saturated heterocycles. The monoisotopic (exact) mass is 328 g/mol. The van der Waals surface area contributed by atoms with E-state index >= 15 is 0 Å². The quantitative estimate of drug-likeness (QED) is 0.877. The van der Waals surface area contributed by atoms with E-state index < -0.39 is 25.3 Å². The molecular weight excluding hydrogens is 313 g/mol.